The zero-order valence-electron chi connectivity index (χ0n) is 12.2. The number of hydrogen-bond donors (Lipinski definition) is 1. The Labute approximate surface area is 124 Å². The van der Waals surface area contributed by atoms with Crippen molar-refractivity contribution in [3.8, 4) is 5.82 Å². The van der Waals surface area contributed by atoms with Crippen LogP contribution in [-0.2, 0) is 10.2 Å². The van der Waals surface area contributed by atoms with Crippen molar-refractivity contribution in [3.05, 3.63) is 42.1 Å². The number of aldehydes is 1. The van der Waals surface area contributed by atoms with Gasteiger partial charge in [-0.15, -0.1) is 0 Å². The molecule has 0 amide bonds. The van der Waals surface area contributed by atoms with Crippen LogP contribution in [0.5, 0.6) is 0 Å². The molecule has 0 spiro atoms. The molecule has 0 aromatic carbocycles. The second-order valence-corrected chi connectivity index (χ2v) is 5.85. The predicted octanol–water partition coefficient (Wildman–Crippen LogP) is 1.77. The van der Waals surface area contributed by atoms with E-state index in [9.17, 15) is 4.79 Å². The summed E-state index contributed by atoms with van der Waals surface area (Å²) in [6.07, 6.45) is 9.34. The van der Waals surface area contributed by atoms with E-state index in [0.717, 1.165) is 42.6 Å². The fraction of sp³-hybridized carbons (Fsp3) is 0.438. The fourth-order valence-electron chi connectivity index (χ4n) is 2.94. The quantitative estimate of drug-likeness (QED) is 0.820. The Kier molecular flexibility index (Phi) is 3.59. The van der Waals surface area contributed by atoms with Crippen molar-refractivity contribution >= 4 is 6.29 Å². The molecule has 21 heavy (non-hydrogen) atoms. The maximum atomic E-state index is 11.6. The lowest BCUT2D eigenvalue weighted by molar-refractivity contribution is -0.110. The highest BCUT2D eigenvalue weighted by Crippen LogP contribution is 2.54. The lowest BCUT2D eigenvalue weighted by Gasteiger charge is -2.06. The molecule has 1 aliphatic rings. The van der Waals surface area contributed by atoms with Crippen LogP contribution in [0.25, 0.3) is 5.82 Å². The Morgan fingerprint density at radius 2 is 2.38 bits per heavy atom. The molecule has 2 atom stereocenters. The summed E-state index contributed by atoms with van der Waals surface area (Å²) in [5.41, 5.74) is 7.15. The molecule has 5 nitrogen and oxygen atoms in total. The first-order valence-corrected chi connectivity index (χ1v) is 7.33. The summed E-state index contributed by atoms with van der Waals surface area (Å²) < 4.78 is 1.88. The largest absolute Gasteiger partial charge is 0.330 e. The van der Waals surface area contributed by atoms with Crippen molar-refractivity contribution < 1.29 is 4.79 Å². The molecule has 3 rings (SSSR count). The lowest BCUT2D eigenvalue weighted by atomic mass is 9.99. The Morgan fingerprint density at radius 3 is 3.10 bits per heavy atom. The SMILES string of the molecule is Cc1ccnc(-n2cnc(C3(C=O)CC3CCCN)c2)c1. The van der Waals surface area contributed by atoms with E-state index in [2.05, 4.69) is 9.97 Å². The van der Waals surface area contributed by atoms with Crippen molar-refractivity contribution in [3.63, 3.8) is 0 Å². The summed E-state index contributed by atoms with van der Waals surface area (Å²) in [5, 5.41) is 0. The van der Waals surface area contributed by atoms with E-state index in [0.29, 0.717) is 12.5 Å². The molecular formula is C16H20N4O. The molecule has 2 unspecified atom stereocenters. The summed E-state index contributed by atoms with van der Waals surface area (Å²) in [5.74, 6) is 1.21. The van der Waals surface area contributed by atoms with Crippen molar-refractivity contribution in [1.82, 2.24) is 14.5 Å². The fourth-order valence-corrected chi connectivity index (χ4v) is 2.94. The van der Waals surface area contributed by atoms with Crippen LogP contribution in [0.3, 0.4) is 0 Å². The van der Waals surface area contributed by atoms with Crippen LogP contribution >= 0.6 is 0 Å². The number of pyridine rings is 1. The van der Waals surface area contributed by atoms with Crippen LogP contribution in [0.15, 0.2) is 30.9 Å². The molecule has 1 fully saturated rings. The van der Waals surface area contributed by atoms with E-state index >= 15 is 0 Å². The maximum absolute atomic E-state index is 11.6. The molecule has 110 valence electrons. The molecule has 2 aromatic heterocycles. The van der Waals surface area contributed by atoms with Crippen LogP contribution in [-0.4, -0.2) is 27.4 Å². The van der Waals surface area contributed by atoms with Crippen molar-refractivity contribution in [2.24, 2.45) is 11.7 Å². The Hall–Kier alpha value is -2.01. The van der Waals surface area contributed by atoms with Crippen LogP contribution in [0, 0.1) is 12.8 Å². The number of nitrogens with two attached hydrogens (primary N) is 1. The highest BCUT2D eigenvalue weighted by molar-refractivity contribution is 5.73. The Balaban J connectivity index is 1.83. The minimum atomic E-state index is -0.399. The summed E-state index contributed by atoms with van der Waals surface area (Å²) >= 11 is 0. The molecular weight excluding hydrogens is 264 g/mol. The average molecular weight is 284 g/mol. The number of aromatic nitrogens is 3. The number of carbonyl (C=O) groups is 1. The van der Waals surface area contributed by atoms with E-state index in [1.165, 1.54) is 0 Å². The van der Waals surface area contributed by atoms with Crippen molar-refractivity contribution in [1.29, 1.82) is 0 Å². The predicted molar refractivity (Wildman–Crippen MR) is 80.2 cm³/mol. The van der Waals surface area contributed by atoms with Gasteiger partial charge in [-0.3, -0.25) is 4.57 Å². The molecule has 0 bridgehead atoms. The number of hydrogen-bond acceptors (Lipinski definition) is 4. The molecule has 0 saturated heterocycles. The third-order valence-electron chi connectivity index (χ3n) is 4.34. The van der Waals surface area contributed by atoms with E-state index in [-0.39, 0.29) is 0 Å². The number of rotatable bonds is 6. The second kappa shape index (κ2) is 5.41. The maximum Gasteiger partial charge on any atom is 0.138 e. The van der Waals surface area contributed by atoms with Crippen molar-refractivity contribution in [2.75, 3.05) is 6.54 Å². The van der Waals surface area contributed by atoms with Gasteiger partial charge < -0.3 is 10.5 Å². The third kappa shape index (κ3) is 2.49. The average Bonchev–Trinajstić information content (AvgIpc) is 2.99. The summed E-state index contributed by atoms with van der Waals surface area (Å²) in [6.45, 7) is 2.70. The van der Waals surface area contributed by atoms with Gasteiger partial charge >= 0.3 is 0 Å². The zero-order valence-corrected chi connectivity index (χ0v) is 12.2. The molecule has 1 saturated carbocycles. The number of imidazole rings is 1. The normalized spacial score (nSPS) is 24.0. The van der Waals surface area contributed by atoms with Crippen LogP contribution in [0.4, 0.5) is 0 Å². The van der Waals surface area contributed by atoms with E-state index in [1.807, 2.05) is 29.8 Å². The van der Waals surface area contributed by atoms with Gasteiger partial charge in [0.15, 0.2) is 0 Å². The molecule has 5 heteroatoms. The highest BCUT2D eigenvalue weighted by atomic mass is 16.1. The van der Waals surface area contributed by atoms with Crippen LogP contribution in [0.2, 0.25) is 0 Å². The van der Waals surface area contributed by atoms with Crippen molar-refractivity contribution in [2.45, 2.75) is 31.6 Å². The number of nitrogens with zero attached hydrogens (tertiary/aromatic N) is 3. The smallest absolute Gasteiger partial charge is 0.138 e. The molecule has 2 aromatic rings. The lowest BCUT2D eigenvalue weighted by Crippen LogP contribution is -2.13. The molecule has 0 aliphatic heterocycles. The zero-order chi connectivity index (χ0) is 14.9. The first kappa shape index (κ1) is 13.9. The minimum absolute atomic E-state index is 0.382. The van der Waals surface area contributed by atoms with Gasteiger partial charge in [0.2, 0.25) is 0 Å². The molecule has 2 heterocycles. The topological polar surface area (TPSA) is 73.8 Å². The van der Waals surface area contributed by atoms with Gasteiger partial charge in [-0.05, 0) is 56.3 Å². The van der Waals surface area contributed by atoms with Gasteiger partial charge in [0.1, 0.15) is 18.4 Å². The minimum Gasteiger partial charge on any atom is -0.330 e. The number of aryl methyl sites for hydroxylation is 1. The summed E-state index contributed by atoms with van der Waals surface area (Å²) in [6, 6.07) is 3.95. The summed E-state index contributed by atoms with van der Waals surface area (Å²) in [7, 11) is 0. The third-order valence-corrected chi connectivity index (χ3v) is 4.34. The van der Waals surface area contributed by atoms with E-state index < -0.39 is 5.41 Å². The van der Waals surface area contributed by atoms with Gasteiger partial charge in [0, 0.05) is 12.4 Å². The van der Waals surface area contributed by atoms with Gasteiger partial charge in [0.05, 0.1) is 11.1 Å². The molecule has 2 N–H and O–H groups in total. The van der Waals surface area contributed by atoms with Gasteiger partial charge in [-0.1, -0.05) is 0 Å². The van der Waals surface area contributed by atoms with Crippen LogP contribution in [0.1, 0.15) is 30.5 Å². The second-order valence-electron chi connectivity index (χ2n) is 5.85. The molecule has 1 aliphatic carbocycles. The Morgan fingerprint density at radius 1 is 1.52 bits per heavy atom. The van der Waals surface area contributed by atoms with E-state index in [4.69, 9.17) is 5.73 Å². The molecule has 0 radical (unpaired) electrons. The first-order chi connectivity index (χ1) is 10.2. The van der Waals surface area contributed by atoms with Gasteiger partial charge in [-0.25, -0.2) is 9.97 Å². The van der Waals surface area contributed by atoms with E-state index in [1.54, 1.807) is 12.5 Å². The summed E-state index contributed by atoms with van der Waals surface area (Å²) in [4.78, 5) is 20.4. The number of carbonyl (C=O) groups excluding carboxylic acids is 1. The standard InChI is InChI=1S/C16H20N4O/c1-12-4-6-18-15(7-12)20-9-14(19-11-20)16(10-21)8-13(16)3-2-5-17/h4,6-7,9-11,13H,2-3,5,8,17H2,1H3. The van der Waals surface area contributed by atoms with Crippen LogP contribution < -0.4 is 5.73 Å². The monoisotopic (exact) mass is 284 g/mol. The highest BCUT2D eigenvalue weighted by Gasteiger charge is 2.56. The first-order valence-electron chi connectivity index (χ1n) is 7.33. The van der Waals surface area contributed by atoms with Gasteiger partial charge in [-0.2, -0.15) is 0 Å². The van der Waals surface area contributed by atoms with Gasteiger partial charge in [0.25, 0.3) is 0 Å². The Bertz CT molecular complexity index is 651.